The number of carbonyl (C=O) groups is 1. The van der Waals surface area contributed by atoms with Crippen molar-refractivity contribution in [2.75, 3.05) is 25.0 Å². The molecule has 6 nitrogen and oxygen atoms in total. The summed E-state index contributed by atoms with van der Waals surface area (Å²) in [6.07, 6.45) is 7.14. The molecule has 3 rings (SSSR count). The molecular formula is C19H29N3O3S. The monoisotopic (exact) mass is 379 g/mol. The van der Waals surface area contributed by atoms with Crippen molar-refractivity contribution in [3.05, 3.63) is 24.3 Å². The van der Waals surface area contributed by atoms with Crippen LogP contribution >= 0.6 is 0 Å². The van der Waals surface area contributed by atoms with E-state index in [2.05, 4.69) is 14.9 Å². The Labute approximate surface area is 156 Å². The summed E-state index contributed by atoms with van der Waals surface area (Å²) >= 11 is 0. The van der Waals surface area contributed by atoms with E-state index in [9.17, 15) is 13.2 Å². The summed E-state index contributed by atoms with van der Waals surface area (Å²) in [6, 6.07) is 6.28. The average Bonchev–Trinajstić information content (AvgIpc) is 3.09. The lowest BCUT2D eigenvalue weighted by molar-refractivity contribution is -0.114. The predicted molar refractivity (Wildman–Crippen MR) is 102 cm³/mol. The summed E-state index contributed by atoms with van der Waals surface area (Å²) in [5, 5.41) is 2.64. The number of piperidine rings is 1. The highest BCUT2D eigenvalue weighted by Gasteiger charge is 2.26. The molecule has 2 N–H and O–H groups in total. The number of rotatable bonds is 6. The van der Waals surface area contributed by atoms with Crippen LogP contribution in [-0.4, -0.2) is 44.9 Å². The van der Waals surface area contributed by atoms with Gasteiger partial charge >= 0.3 is 0 Å². The number of amides is 1. The first-order valence-corrected chi connectivity index (χ1v) is 11.0. The van der Waals surface area contributed by atoms with E-state index in [1.54, 1.807) is 12.1 Å². The third-order valence-electron chi connectivity index (χ3n) is 5.39. The molecule has 7 heteroatoms. The summed E-state index contributed by atoms with van der Waals surface area (Å²) in [5.74, 6) is 0.661. The molecule has 1 saturated heterocycles. The molecule has 1 amide bonds. The SMILES string of the molecule is CC(=O)Nc1ccc(S(=O)(=O)NC2CCN(CC3CCCC3)CC2)cc1. The third kappa shape index (κ3) is 5.28. The summed E-state index contributed by atoms with van der Waals surface area (Å²) in [5.41, 5.74) is 0.594. The van der Waals surface area contributed by atoms with Gasteiger partial charge in [-0.25, -0.2) is 13.1 Å². The van der Waals surface area contributed by atoms with Gasteiger partial charge in [0, 0.05) is 25.2 Å². The van der Waals surface area contributed by atoms with Gasteiger partial charge in [0.25, 0.3) is 0 Å². The van der Waals surface area contributed by atoms with Gasteiger partial charge < -0.3 is 10.2 Å². The largest absolute Gasteiger partial charge is 0.326 e. The van der Waals surface area contributed by atoms with Gasteiger partial charge in [0.05, 0.1) is 4.90 Å². The van der Waals surface area contributed by atoms with E-state index in [4.69, 9.17) is 0 Å². The molecule has 0 unspecified atom stereocenters. The zero-order valence-corrected chi connectivity index (χ0v) is 16.2. The molecule has 0 atom stereocenters. The second-order valence-corrected chi connectivity index (χ2v) is 9.27. The fraction of sp³-hybridized carbons (Fsp3) is 0.632. The van der Waals surface area contributed by atoms with Crippen molar-refractivity contribution >= 4 is 21.6 Å². The van der Waals surface area contributed by atoms with Gasteiger partial charge in [-0.2, -0.15) is 0 Å². The molecule has 1 aromatic carbocycles. The van der Waals surface area contributed by atoms with Crippen molar-refractivity contribution in [1.82, 2.24) is 9.62 Å². The Morgan fingerprint density at radius 1 is 1.08 bits per heavy atom. The van der Waals surface area contributed by atoms with Gasteiger partial charge in [0.2, 0.25) is 15.9 Å². The molecule has 0 radical (unpaired) electrons. The standard InChI is InChI=1S/C19H29N3O3S/c1-15(23)20-17-6-8-19(9-7-17)26(24,25)21-18-10-12-22(13-11-18)14-16-4-2-3-5-16/h6-9,16,18,21H,2-5,10-14H2,1H3,(H,20,23). The molecular weight excluding hydrogens is 350 g/mol. The van der Waals surface area contributed by atoms with Gasteiger partial charge in [-0.1, -0.05) is 12.8 Å². The summed E-state index contributed by atoms with van der Waals surface area (Å²) < 4.78 is 28.0. The zero-order chi connectivity index (χ0) is 18.6. The van der Waals surface area contributed by atoms with Crippen LogP contribution in [0.2, 0.25) is 0 Å². The van der Waals surface area contributed by atoms with E-state index in [0.29, 0.717) is 5.69 Å². The first-order chi connectivity index (χ1) is 12.4. The number of sulfonamides is 1. The van der Waals surface area contributed by atoms with Crippen LogP contribution < -0.4 is 10.0 Å². The Balaban J connectivity index is 1.50. The van der Waals surface area contributed by atoms with E-state index < -0.39 is 10.0 Å². The molecule has 0 spiro atoms. The Morgan fingerprint density at radius 3 is 2.27 bits per heavy atom. The average molecular weight is 380 g/mol. The fourth-order valence-corrected chi connectivity index (χ4v) is 5.30. The van der Waals surface area contributed by atoms with Crippen molar-refractivity contribution in [3.8, 4) is 0 Å². The number of likely N-dealkylation sites (tertiary alicyclic amines) is 1. The van der Waals surface area contributed by atoms with Gasteiger partial charge in [-0.3, -0.25) is 4.79 Å². The van der Waals surface area contributed by atoms with Crippen LogP contribution in [0.3, 0.4) is 0 Å². The number of benzene rings is 1. The van der Waals surface area contributed by atoms with E-state index in [1.807, 2.05) is 0 Å². The molecule has 1 saturated carbocycles. The highest BCUT2D eigenvalue weighted by atomic mass is 32.2. The van der Waals surface area contributed by atoms with Crippen LogP contribution in [0, 0.1) is 5.92 Å². The molecule has 0 bridgehead atoms. The maximum absolute atomic E-state index is 12.6. The molecule has 0 aromatic heterocycles. The van der Waals surface area contributed by atoms with Crippen LogP contribution in [-0.2, 0) is 14.8 Å². The Morgan fingerprint density at radius 2 is 1.69 bits per heavy atom. The van der Waals surface area contributed by atoms with E-state index >= 15 is 0 Å². The minimum absolute atomic E-state index is 0.00477. The Hall–Kier alpha value is -1.44. The van der Waals surface area contributed by atoms with Gasteiger partial charge in [0.1, 0.15) is 0 Å². The van der Waals surface area contributed by atoms with E-state index in [1.165, 1.54) is 51.3 Å². The van der Waals surface area contributed by atoms with Crippen molar-refractivity contribution in [3.63, 3.8) is 0 Å². The second kappa shape index (κ2) is 8.50. The molecule has 1 aliphatic heterocycles. The number of hydrogen-bond acceptors (Lipinski definition) is 4. The molecule has 144 valence electrons. The molecule has 1 heterocycles. The molecule has 1 aromatic rings. The van der Waals surface area contributed by atoms with Gasteiger partial charge in [0.15, 0.2) is 0 Å². The lowest BCUT2D eigenvalue weighted by Gasteiger charge is -2.33. The normalized spacial score (nSPS) is 20.3. The summed E-state index contributed by atoms with van der Waals surface area (Å²) in [7, 11) is -3.53. The lowest BCUT2D eigenvalue weighted by atomic mass is 10.0. The van der Waals surface area contributed by atoms with Crippen LogP contribution in [0.25, 0.3) is 0 Å². The van der Waals surface area contributed by atoms with Crippen molar-refractivity contribution in [1.29, 1.82) is 0 Å². The number of hydrogen-bond donors (Lipinski definition) is 2. The van der Waals surface area contributed by atoms with Crippen molar-refractivity contribution in [2.24, 2.45) is 5.92 Å². The summed E-state index contributed by atoms with van der Waals surface area (Å²) in [4.78, 5) is 13.8. The van der Waals surface area contributed by atoms with Gasteiger partial charge in [-0.05, 0) is 69.0 Å². The first kappa shape index (κ1) is 19.3. The first-order valence-electron chi connectivity index (χ1n) is 9.55. The number of nitrogens with zero attached hydrogens (tertiary/aromatic N) is 1. The number of anilines is 1. The minimum Gasteiger partial charge on any atom is -0.326 e. The summed E-state index contributed by atoms with van der Waals surface area (Å²) in [6.45, 7) is 4.52. The molecule has 1 aliphatic carbocycles. The lowest BCUT2D eigenvalue weighted by Crippen LogP contribution is -2.45. The minimum atomic E-state index is -3.53. The fourth-order valence-electron chi connectivity index (χ4n) is 4.00. The Bertz CT molecular complexity index is 704. The van der Waals surface area contributed by atoms with Crippen molar-refractivity contribution < 1.29 is 13.2 Å². The third-order valence-corrected chi connectivity index (χ3v) is 6.92. The molecule has 2 fully saturated rings. The van der Waals surface area contributed by atoms with Crippen LogP contribution in [0.1, 0.15) is 45.4 Å². The number of nitrogens with one attached hydrogen (secondary N) is 2. The second-order valence-electron chi connectivity index (χ2n) is 7.55. The smallest absolute Gasteiger partial charge is 0.240 e. The van der Waals surface area contributed by atoms with Crippen LogP contribution in [0.4, 0.5) is 5.69 Å². The highest BCUT2D eigenvalue weighted by Crippen LogP contribution is 2.26. The van der Waals surface area contributed by atoms with Crippen molar-refractivity contribution in [2.45, 2.75) is 56.4 Å². The maximum atomic E-state index is 12.6. The highest BCUT2D eigenvalue weighted by molar-refractivity contribution is 7.89. The van der Waals surface area contributed by atoms with Crippen LogP contribution in [0.15, 0.2) is 29.2 Å². The predicted octanol–water partition coefficient (Wildman–Crippen LogP) is 2.58. The molecule has 2 aliphatic rings. The van der Waals surface area contributed by atoms with Crippen LogP contribution in [0.5, 0.6) is 0 Å². The topological polar surface area (TPSA) is 78.5 Å². The maximum Gasteiger partial charge on any atom is 0.240 e. The number of carbonyl (C=O) groups excluding carboxylic acids is 1. The van der Waals surface area contributed by atoms with E-state index in [-0.39, 0.29) is 16.8 Å². The van der Waals surface area contributed by atoms with E-state index in [0.717, 1.165) is 31.8 Å². The van der Waals surface area contributed by atoms with Gasteiger partial charge in [-0.15, -0.1) is 0 Å². The quantitative estimate of drug-likeness (QED) is 0.796. The Kier molecular flexibility index (Phi) is 6.32. The molecule has 26 heavy (non-hydrogen) atoms. The zero-order valence-electron chi connectivity index (χ0n) is 15.4.